The molecule has 6 nitrogen and oxygen atoms in total. The summed E-state index contributed by atoms with van der Waals surface area (Å²) in [5, 5.41) is 0. The van der Waals surface area contributed by atoms with Crippen LogP contribution in [0.1, 0.15) is 35.7 Å². The molecule has 5 rings (SSSR count). The van der Waals surface area contributed by atoms with Crippen molar-refractivity contribution in [3.8, 4) is 17.0 Å². The highest BCUT2D eigenvalue weighted by Gasteiger charge is 2.25. The van der Waals surface area contributed by atoms with Gasteiger partial charge in [-0.05, 0) is 68.2 Å². The maximum absolute atomic E-state index is 15.0. The van der Waals surface area contributed by atoms with Gasteiger partial charge in [-0.25, -0.2) is 23.1 Å². The molecule has 196 valence electrons. The molecule has 1 fully saturated rings. The molecule has 0 atom stereocenters. The van der Waals surface area contributed by atoms with Crippen LogP contribution in [0.3, 0.4) is 0 Å². The van der Waals surface area contributed by atoms with Gasteiger partial charge in [-0.15, -0.1) is 0 Å². The van der Waals surface area contributed by atoms with Crippen LogP contribution in [-0.4, -0.2) is 68.4 Å². The Hall–Kier alpha value is -3.17. The van der Waals surface area contributed by atoms with Gasteiger partial charge in [0.25, 0.3) is 0 Å². The van der Waals surface area contributed by atoms with E-state index in [0.29, 0.717) is 43.4 Å². The van der Waals surface area contributed by atoms with Gasteiger partial charge in [-0.1, -0.05) is 12.1 Å². The third kappa shape index (κ3) is 5.57. The molecular weight excluding hydrogens is 481 g/mol. The van der Waals surface area contributed by atoms with Crippen LogP contribution in [-0.2, 0) is 11.2 Å². The lowest BCUT2D eigenvalue weighted by Gasteiger charge is -2.31. The number of anilines is 1. The van der Waals surface area contributed by atoms with Gasteiger partial charge in [0.2, 0.25) is 0 Å². The highest BCUT2D eigenvalue weighted by atomic mass is 19.1. The maximum atomic E-state index is 15.0. The topological polar surface area (TPSA) is 50.7 Å². The molecule has 0 saturated carbocycles. The molecule has 0 aliphatic carbocycles. The summed E-state index contributed by atoms with van der Waals surface area (Å²) in [7, 11) is 3.68. The molecule has 2 aromatic carbocycles. The summed E-state index contributed by atoms with van der Waals surface area (Å²) in [4.78, 5) is 12.7. The lowest BCUT2D eigenvalue weighted by atomic mass is 9.88. The molecule has 37 heavy (non-hydrogen) atoms. The number of halogens is 3. The first-order valence-corrected chi connectivity index (χ1v) is 12.6. The molecule has 9 heteroatoms. The number of nitrogens with zero attached hydrogens (tertiary/aromatic N) is 4. The molecule has 0 amide bonds. The number of benzene rings is 2. The summed E-state index contributed by atoms with van der Waals surface area (Å²) in [6.07, 6.45) is 3.18. The molecule has 0 spiro atoms. The third-order valence-corrected chi connectivity index (χ3v) is 7.19. The second-order valence-corrected chi connectivity index (χ2v) is 9.73. The number of ether oxygens (including phenoxy) is 2. The normalized spacial score (nSPS) is 16.5. The van der Waals surface area contributed by atoms with E-state index in [0.717, 1.165) is 37.7 Å². The van der Waals surface area contributed by atoms with Gasteiger partial charge in [0.15, 0.2) is 17.4 Å². The molecule has 0 N–H and O–H groups in total. The van der Waals surface area contributed by atoms with Gasteiger partial charge >= 0.3 is 0 Å². The number of rotatable bonds is 7. The SMILES string of the molecule is COCCN1CCOc2c(F)cc(-c3nc(Cc4ccc(C5CCN(C)CC5)c(F)c4)ncc3F)cc21. The Bertz CT molecular complexity index is 1260. The molecule has 0 unspecified atom stereocenters. The van der Waals surface area contributed by atoms with E-state index in [-0.39, 0.29) is 35.2 Å². The van der Waals surface area contributed by atoms with Gasteiger partial charge in [0.1, 0.15) is 23.9 Å². The van der Waals surface area contributed by atoms with Crippen LogP contribution in [0, 0.1) is 17.5 Å². The van der Waals surface area contributed by atoms with E-state index in [1.807, 2.05) is 17.0 Å². The quantitative estimate of drug-likeness (QED) is 0.453. The van der Waals surface area contributed by atoms with E-state index < -0.39 is 11.6 Å². The van der Waals surface area contributed by atoms with Crippen molar-refractivity contribution in [1.29, 1.82) is 0 Å². The predicted octanol–water partition coefficient (Wildman–Crippen LogP) is 4.81. The van der Waals surface area contributed by atoms with Crippen molar-refractivity contribution >= 4 is 5.69 Å². The summed E-state index contributed by atoms with van der Waals surface area (Å²) >= 11 is 0. The summed E-state index contributed by atoms with van der Waals surface area (Å²) in [5.41, 5.74) is 2.25. The average Bonchev–Trinajstić information content (AvgIpc) is 2.89. The fourth-order valence-corrected chi connectivity index (χ4v) is 5.11. The van der Waals surface area contributed by atoms with Crippen LogP contribution in [0.2, 0.25) is 0 Å². The zero-order valence-corrected chi connectivity index (χ0v) is 21.1. The molecule has 3 aromatic rings. The number of likely N-dealkylation sites (tertiary alicyclic amines) is 1. The smallest absolute Gasteiger partial charge is 0.178 e. The van der Waals surface area contributed by atoms with Crippen molar-refractivity contribution in [1.82, 2.24) is 14.9 Å². The fraction of sp³-hybridized carbons (Fsp3) is 0.429. The van der Waals surface area contributed by atoms with Crippen molar-refractivity contribution in [2.24, 2.45) is 0 Å². The van der Waals surface area contributed by atoms with Crippen molar-refractivity contribution in [3.05, 3.63) is 70.9 Å². The number of hydrogen-bond donors (Lipinski definition) is 0. The first-order chi connectivity index (χ1) is 17.9. The van der Waals surface area contributed by atoms with E-state index in [2.05, 4.69) is 21.9 Å². The number of aromatic nitrogens is 2. The van der Waals surface area contributed by atoms with Crippen molar-refractivity contribution < 1.29 is 22.6 Å². The Balaban J connectivity index is 1.40. The highest BCUT2D eigenvalue weighted by Crippen LogP contribution is 2.38. The monoisotopic (exact) mass is 512 g/mol. The number of hydrogen-bond acceptors (Lipinski definition) is 6. The maximum Gasteiger partial charge on any atom is 0.178 e. The second kappa shape index (κ2) is 11.1. The molecule has 0 radical (unpaired) electrons. The largest absolute Gasteiger partial charge is 0.486 e. The van der Waals surface area contributed by atoms with Crippen LogP contribution in [0.5, 0.6) is 5.75 Å². The van der Waals surface area contributed by atoms with Crippen molar-refractivity contribution in [3.63, 3.8) is 0 Å². The number of piperidine rings is 1. The lowest BCUT2D eigenvalue weighted by molar-refractivity contribution is 0.200. The van der Waals surface area contributed by atoms with E-state index >= 15 is 0 Å². The molecule has 1 aromatic heterocycles. The van der Waals surface area contributed by atoms with Crippen LogP contribution in [0.25, 0.3) is 11.3 Å². The third-order valence-electron chi connectivity index (χ3n) is 7.19. The van der Waals surface area contributed by atoms with E-state index in [4.69, 9.17) is 9.47 Å². The minimum atomic E-state index is -0.660. The Morgan fingerprint density at radius 2 is 1.84 bits per heavy atom. The number of fused-ring (bicyclic) bond motifs is 1. The second-order valence-electron chi connectivity index (χ2n) is 9.73. The summed E-state index contributed by atoms with van der Waals surface area (Å²) in [6.45, 7) is 3.84. The Labute approximate surface area is 215 Å². The van der Waals surface area contributed by atoms with Gasteiger partial charge in [-0.3, -0.25) is 0 Å². The minimum absolute atomic E-state index is 0.00705. The lowest BCUT2D eigenvalue weighted by Crippen LogP contribution is -2.35. The summed E-state index contributed by atoms with van der Waals surface area (Å²) in [5.74, 6) is -0.796. The standard InChI is InChI=1S/C28H31F3N4O2/c1-34-7-5-19(6-8-34)21-4-3-18(13-22(21)29)14-26-32-17-24(31)27(33-26)20-15-23(30)28-25(16-20)35(9-11-36-2)10-12-37-28/h3-4,13,15-17,19H,5-12,14H2,1-2H3. The Morgan fingerprint density at radius 3 is 2.59 bits per heavy atom. The van der Waals surface area contributed by atoms with Crippen LogP contribution >= 0.6 is 0 Å². The highest BCUT2D eigenvalue weighted by molar-refractivity contribution is 5.72. The molecule has 0 bridgehead atoms. The van der Waals surface area contributed by atoms with E-state index in [1.54, 1.807) is 13.2 Å². The van der Waals surface area contributed by atoms with Gasteiger partial charge < -0.3 is 19.3 Å². The average molecular weight is 513 g/mol. The van der Waals surface area contributed by atoms with E-state index in [9.17, 15) is 13.2 Å². The Morgan fingerprint density at radius 1 is 1.03 bits per heavy atom. The van der Waals surface area contributed by atoms with Gasteiger partial charge in [0.05, 0.1) is 25.0 Å². The van der Waals surface area contributed by atoms with E-state index in [1.165, 1.54) is 12.1 Å². The summed E-state index contributed by atoms with van der Waals surface area (Å²) < 4.78 is 55.5. The van der Waals surface area contributed by atoms with Gasteiger partial charge in [-0.2, -0.15) is 0 Å². The zero-order chi connectivity index (χ0) is 25.9. The van der Waals surface area contributed by atoms with Crippen molar-refractivity contribution in [2.75, 3.05) is 58.5 Å². The molecule has 2 aliphatic rings. The predicted molar refractivity (Wildman–Crippen MR) is 136 cm³/mol. The molecule has 3 heterocycles. The van der Waals surface area contributed by atoms with Crippen LogP contribution < -0.4 is 9.64 Å². The fourth-order valence-electron chi connectivity index (χ4n) is 5.11. The first-order valence-electron chi connectivity index (χ1n) is 12.6. The van der Waals surface area contributed by atoms with Gasteiger partial charge in [0, 0.05) is 25.6 Å². The molecular formula is C28H31F3N4O2. The molecule has 2 aliphatic heterocycles. The molecule has 1 saturated heterocycles. The minimum Gasteiger partial charge on any atom is -0.486 e. The Kier molecular flexibility index (Phi) is 7.62. The summed E-state index contributed by atoms with van der Waals surface area (Å²) in [6, 6.07) is 8.15. The van der Waals surface area contributed by atoms with Crippen LogP contribution in [0.15, 0.2) is 36.5 Å². The zero-order valence-electron chi connectivity index (χ0n) is 21.1. The van der Waals surface area contributed by atoms with Crippen LogP contribution in [0.4, 0.5) is 18.9 Å². The van der Waals surface area contributed by atoms with Crippen molar-refractivity contribution in [2.45, 2.75) is 25.2 Å². The first kappa shape index (κ1) is 25.5. The number of methoxy groups -OCH3 is 1.